The lowest BCUT2D eigenvalue weighted by molar-refractivity contribution is 0.104. The van der Waals surface area contributed by atoms with Gasteiger partial charge in [-0.15, -0.1) is 0 Å². The lowest BCUT2D eigenvalue weighted by Crippen LogP contribution is -2.37. The van der Waals surface area contributed by atoms with E-state index < -0.39 is 13.5 Å². The molecule has 0 heterocycles. The third-order valence-corrected chi connectivity index (χ3v) is 6.60. The molecular formula is C25H30NO6P. The predicted molar refractivity (Wildman–Crippen MR) is 129 cm³/mol. The number of rotatable bonds is 12. The molecule has 0 fully saturated rings. The highest BCUT2D eigenvalue weighted by Crippen LogP contribution is 2.39. The van der Waals surface area contributed by atoms with Gasteiger partial charge in [-0.2, -0.15) is 0 Å². The molecule has 1 unspecified atom stereocenters. The van der Waals surface area contributed by atoms with Gasteiger partial charge in [-0.1, -0.05) is 30.3 Å². The first-order valence-corrected chi connectivity index (χ1v) is 12.6. The lowest BCUT2D eigenvalue weighted by atomic mass is 10.1. The number of ether oxygens (including phenoxy) is 2. The molecule has 0 saturated heterocycles. The van der Waals surface area contributed by atoms with Gasteiger partial charge in [-0.3, -0.25) is 4.57 Å². The zero-order valence-electron chi connectivity index (χ0n) is 18.5. The summed E-state index contributed by atoms with van der Waals surface area (Å²) in [7, 11) is -3.62. The maximum atomic E-state index is 12.6. The Morgan fingerprint density at radius 2 is 1.55 bits per heavy atom. The molecule has 3 rings (SSSR count). The molecule has 3 aromatic carbocycles. The van der Waals surface area contributed by atoms with Gasteiger partial charge < -0.3 is 29.9 Å². The lowest BCUT2D eigenvalue weighted by Gasteiger charge is -2.18. The Morgan fingerprint density at radius 3 is 2.21 bits per heavy atom. The molecule has 3 atom stereocenters. The maximum Gasteiger partial charge on any atom is 0.265 e. The van der Waals surface area contributed by atoms with Crippen molar-refractivity contribution in [2.75, 3.05) is 19.5 Å². The Kier molecular flexibility index (Phi) is 8.92. The molecular weight excluding hydrogens is 441 g/mol. The third kappa shape index (κ3) is 8.22. The minimum Gasteiger partial charge on any atom is -0.508 e. The normalized spacial score (nSPS) is 14.8. The molecule has 0 bridgehead atoms. The summed E-state index contributed by atoms with van der Waals surface area (Å²) < 4.78 is 23.6. The van der Waals surface area contributed by atoms with Crippen molar-refractivity contribution in [1.82, 2.24) is 5.32 Å². The molecule has 0 amide bonds. The Hall–Kier alpha value is -2.83. The summed E-state index contributed by atoms with van der Waals surface area (Å²) in [5.74, 6) is 1.29. The summed E-state index contributed by atoms with van der Waals surface area (Å²) in [6.45, 7) is 2.50. The molecule has 0 spiro atoms. The second-order valence-corrected chi connectivity index (χ2v) is 10.1. The van der Waals surface area contributed by atoms with Crippen LogP contribution in [0.3, 0.4) is 0 Å². The van der Waals surface area contributed by atoms with Crippen LogP contribution in [0.5, 0.6) is 17.2 Å². The summed E-state index contributed by atoms with van der Waals surface area (Å²) >= 11 is 0. The number of hydrogen-bond donors (Lipinski definition) is 4. The topological polar surface area (TPSA) is 108 Å². The molecule has 0 aliphatic carbocycles. The van der Waals surface area contributed by atoms with Gasteiger partial charge in [-0.25, -0.2) is 0 Å². The quantitative estimate of drug-likeness (QED) is 0.300. The first-order chi connectivity index (χ1) is 15.8. The van der Waals surface area contributed by atoms with Crippen LogP contribution < -0.4 is 20.1 Å². The van der Waals surface area contributed by atoms with Gasteiger partial charge in [0.1, 0.15) is 30.0 Å². The van der Waals surface area contributed by atoms with Crippen LogP contribution in [0.2, 0.25) is 0 Å². The fourth-order valence-corrected chi connectivity index (χ4v) is 4.26. The van der Waals surface area contributed by atoms with Gasteiger partial charge in [0.15, 0.2) is 6.35 Å². The Balaban J connectivity index is 1.41. The van der Waals surface area contributed by atoms with Gasteiger partial charge in [0.25, 0.3) is 7.37 Å². The molecule has 7 nitrogen and oxygen atoms in total. The molecule has 176 valence electrons. The van der Waals surface area contributed by atoms with Gasteiger partial charge in [-0.05, 0) is 67.4 Å². The molecule has 0 saturated carbocycles. The van der Waals surface area contributed by atoms with Crippen LogP contribution in [0.15, 0.2) is 78.9 Å². The average molecular weight is 471 g/mol. The number of aromatic hydroxyl groups is 1. The van der Waals surface area contributed by atoms with E-state index in [0.717, 1.165) is 5.56 Å². The van der Waals surface area contributed by atoms with E-state index in [0.29, 0.717) is 29.8 Å². The van der Waals surface area contributed by atoms with Gasteiger partial charge in [0, 0.05) is 17.9 Å². The number of hydrogen-bond acceptors (Lipinski definition) is 6. The second-order valence-electron chi connectivity index (χ2n) is 7.93. The largest absolute Gasteiger partial charge is 0.508 e. The van der Waals surface area contributed by atoms with E-state index in [1.807, 2.05) is 37.3 Å². The van der Waals surface area contributed by atoms with Crippen LogP contribution in [0, 0.1) is 0 Å². The van der Waals surface area contributed by atoms with Gasteiger partial charge in [0.2, 0.25) is 0 Å². The summed E-state index contributed by atoms with van der Waals surface area (Å²) in [6.07, 6.45) is -0.269. The van der Waals surface area contributed by atoms with Crippen LogP contribution in [-0.2, 0) is 11.0 Å². The number of phenolic OH excluding ortho intramolecular Hbond substituents is 1. The fourth-order valence-electron chi connectivity index (χ4n) is 3.17. The van der Waals surface area contributed by atoms with Crippen molar-refractivity contribution in [2.45, 2.75) is 25.5 Å². The highest BCUT2D eigenvalue weighted by Gasteiger charge is 2.22. The fraction of sp³-hybridized carbons (Fsp3) is 0.280. The Labute approximate surface area is 194 Å². The second kappa shape index (κ2) is 11.9. The summed E-state index contributed by atoms with van der Waals surface area (Å²) in [5, 5.41) is 23.0. The summed E-state index contributed by atoms with van der Waals surface area (Å²) in [5.41, 5.74) is 1.01. The van der Waals surface area contributed by atoms with Crippen LogP contribution in [0.25, 0.3) is 0 Å². The third-order valence-electron chi connectivity index (χ3n) is 5.01. The number of aliphatic hydroxyl groups is 1. The molecule has 0 aromatic heterocycles. The van der Waals surface area contributed by atoms with E-state index >= 15 is 0 Å². The maximum absolute atomic E-state index is 12.6. The molecule has 33 heavy (non-hydrogen) atoms. The zero-order chi connectivity index (χ0) is 23.7. The van der Waals surface area contributed by atoms with E-state index in [1.165, 1.54) is 12.1 Å². The Morgan fingerprint density at radius 1 is 0.909 bits per heavy atom. The molecule has 0 aliphatic heterocycles. The molecule has 3 aromatic rings. The highest BCUT2D eigenvalue weighted by molar-refractivity contribution is 7.65. The minimum absolute atomic E-state index is 0.0847. The van der Waals surface area contributed by atoms with Crippen molar-refractivity contribution in [3.8, 4) is 17.2 Å². The van der Waals surface area contributed by atoms with Crippen LogP contribution >= 0.6 is 7.37 Å². The average Bonchev–Trinajstić information content (AvgIpc) is 2.82. The van der Waals surface area contributed by atoms with Crippen molar-refractivity contribution in [3.63, 3.8) is 0 Å². The van der Waals surface area contributed by atoms with E-state index in [2.05, 4.69) is 5.32 Å². The van der Waals surface area contributed by atoms with E-state index in [4.69, 9.17) is 9.47 Å². The van der Waals surface area contributed by atoms with Crippen LogP contribution in [0.4, 0.5) is 0 Å². The van der Waals surface area contributed by atoms with Crippen LogP contribution in [0.1, 0.15) is 12.5 Å². The first kappa shape index (κ1) is 24.8. The van der Waals surface area contributed by atoms with E-state index in [9.17, 15) is 19.7 Å². The molecule has 8 heteroatoms. The Bertz CT molecular complexity index is 1030. The highest BCUT2D eigenvalue weighted by atomic mass is 31.2. The van der Waals surface area contributed by atoms with Gasteiger partial charge in [0.05, 0.1) is 0 Å². The standard InChI is InChI=1S/C25H30NO6P/c1-19(26-16-22(28)17-31-24-11-9-21(27)10-12-24)15-20-7-13-25(14-8-20)33(29,30)18-32-23-5-3-2-4-6-23/h2-14,19,22,26-28H,15-18H2,1H3,(H,29,30)/t19-,22+/m1/s1. The van der Waals surface area contributed by atoms with Crippen molar-refractivity contribution < 1.29 is 29.1 Å². The molecule has 0 aliphatic rings. The van der Waals surface area contributed by atoms with Crippen molar-refractivity contribution in [3.05, 3.63) is 84.4 Å². The summed E-state index contributed by atoms with van der Waals surface area (Å²) in [6, 6.07) is 22.4. The SMILES string of the molecule is C[C@H](Cc1ccc(P(=O)(O)COc2ccccc2)cc1)NC[C@H](O)COc1ccc(O)cc1. The minimum atomic E-state index is -3.62. The van der Waals surface area contributed by atoms with Crippen molar-refractivity contribution in [1.29, 1.82) is 0 Å². The zero-order valence-corrected chi connectivity index (χ0v) is 19.4. The molecule has 4 N–H and O–H groups in total. The number of phenols is 1. The van der Waals surface area contributed by atoms with Crippen molar-refractivity contribution in [2.24, 2.45) is 0 Å². The number of benzene rings is 3. The monoisotopic (exact) mass is 471 g/mol. The van der Waals surface area contributed by atoms with Gasteiger partial charge >= 0.3 is 0 Å². The number of para-hydroxylation sites is 1. The first-order valence-electron chi connectivity index (χ1n) is 10.7. The molecule has 0 radical (unpaired) electrons. The number of nitrogens with one attached hydrogen (secondary N) is 1. The smallest absolute Gasteiger partial charge is 0.265 e. The predicted octanol–water partition coefficient (Wildman–Crippen LogP) is 3.28. The number of aliphatic hydroxyl groups excluding tert-OH is 1. The van der Waals surface area contributed by atoms with Crippen molar-refractivity contribution >= 4 is 12.7 Å². The van der Waals surface area contributed by atoms with Crippen LogP contribution in [-0.4, -0.2) is 46.8 Å². The summed E-state index contributed by atoms with van der Waals surface area (Å²) in [4.78, 5) is 10.4. The van der Waals surface area contributed by atoms with E-state index in [-0.39, 0.29) is 24.7 Å². The van der Waals surface area contributed by atoms with E-state index in [1.54, 1.807) is 36.4 Å².